The Hall–Kier alpha value is -0.430. The fourth-order valence-electron chi connectivity index (χ4n) is 1.06. The predicted molar refractivity (Wildman–Crippen MR) is 64.1 cm³/mol. The molecule has 0 aliphatic heterocycles. The van der Waals surface area contributed by atoms with Crippen LogP contribution in [0.5, 0.6) is 0 Å². The third-order valence-electron chi connectivity index (χ3n) is 1.76. The number of nitrogens with zero attached hydrogens (tertiary/aromatic N) is 2. The summed E-state index contributed by atoms with van der Waals surface area (Å²) in [5.74, 6) is 1.32. The minimum atomic E-state index is 0.560. The quantitative estimate of drug-likeness (QED) is 0.677. The van der Waals surface area contributed by atoms with Crippen LogP contribution in [0.15, 0.2) is 0 Å². The molecule has 5 heteroatoms. The second kappa shape index (κ2) is 5.45. The highest BCUT2D eigenvalue weighted by Crippen LogP contribution is 2.15. The number of nitrogens with two attached hydrogens (primary N) is 1. The normalized spacial score (nSPS) is 10.5. The largest absolute Gasteiger partial charge is 0.383 e. The Balaban J connectivity index is 2.69. The van der Waals surface area contributed by atoms with Gasteiger partial charge >= 0.3 is 0 Å². The first-order valence-corrected chi connectivity index (χ1v) is 5.59. The molecule has 0 aromatic carbocycles. The van der Waals surface area contributed by atoms with Gasteiger partial charge in [-0.15, -0.1) is 0 Å². The van der Waals surface area contributed by atoms with Crippen LogP contribution < -0.4 is 5.73 Å². The Bertz CT molecular complexity index is 294. The lowest BCUT2D eigenvalue weighted by Gasteiger charge is -2.05. The van der Waals surface area contributed by atoms with Gasteiger partial charge in [0.15, 0.2) is 0 Å². The molecule has 1 aromatic heterocycles. The number of hydrogen-bond donors (Lipinski definition) is 1. The monoisotopic (exact) mass is 307 g/mol. The molecule has 0 aliphatic carbocycles. The Kier molecular flexibility index (Phi) is 4.53. The second-order valence-corrected chi connectivity index (χ2v) is 3.95. The summed E-state index contributed by atoms with van der Waals surface area (Å²) in [5.41, 5.74) is 6.66. The number of anilines is 1. The highest BCUT2D eigenvalue weighted by atomic mass is 127. The molecular formula is C9H14IN3O. The van der Waals surface area contributed by atoms with Crippen molar-refractivity contribution in [3.05, 3.63) is 15.1 Å². The maximum Gasteiger partial charge on any atom is 0.140 e. The van der Waals surface area contributed by atoms with Crippen LogP contribution in [0.25, 0.3) is 0 Å². The van der Waals surface area contributed by atoms with E-state index in [4.69, 9.17) is 10.5 Å². The summed E-state index contributed by atoms with van der Waals surface area (Å²) in [6, 6.07) is 0. The van der Waals surface area contributed by atoms with E-state index in [0.29, 0.717) is 12.4 Å². The summed E-state index contributed by atoms with van der Waals surface area (Å²) in [4.78, 5) is 8.51. The molecule has 0 radical (unpaired) electrons. The van der Waals surface area contributed by atoms with Crippen molar-refractivity contribution >= 4 is 28.4 Å². The van der Waals surface area contributed by atoms with Crippen molar-refractivity contribution in [1.82, 2.24) is 9.97 Å². The average Bonchev–Trinajstić information content (AvgIpc) is 2.14. The average molecular weight is 307 g/mol. The lowest BCUT2D eigenvalue weighted by atomic mass is 10.3. The third-order valence-corrected chi connectivity index (χ3v) is 3.10. The Morgan fingerprint density at radius 1 is 1.43 bits per heavy atom. The summed E-state index contributed by atoms with van der Waals surface area (Å²) in [5, 5.41) is 0. The van der Waals surface area contributed by atoms with Crippen molar-refractivity contribution in [2.75, 3.05) is 18.9 Å². The number of ether oxygens (including phenoxy) is 1. The maximum atomic E-state index is 5.73. The topological polar surface area (TPSA) is 61.0 Å². The molecule has 78 valence electrons. The molecule has 0 saturated heterocycles. The lowest BCUT2D eigenvalue weighted by Crippen LogP contribution is -2.08. The molecule has 0 unspecified atom stereocenters. The van der Waals surface area contributed by atoms with Crippen LogP contribution in [0, 0.1) is 10.5 Å². The highest BCUT2D eigenvalue weighted by molar-refractivity contribution is 14.1. The summed E-state index contributed by atoms with van der Waals surface area (Å²) in [6.07, 6.45) is 0.718. The van der Waals surface area contributed by atoms with Gasteiger partial charge < -0.3 is 10.5 Å². The van der Waals surface area contributed by atoms with Gasteiger partial charge in [0.25, 0.3) is 0 Å². The molecule has 4 nitrogen and oxygen atoms in total. The van der Waals surface area contributed by atoms with Crippen molar-refractivity contribution in [2.45, 2.75) is 20.3 Å². The molecule has 1 rings (SSSR count). The van der Waals surface area contributed by atoms with Gasteiger partial charge in [-0.3, -0.25) is 0 Å². The zero-order chi connectivity index (χ0) is 10.6. The first-order valence-electron chi connectivity index (χ1n) is 4.51. The zero-order valence-electron chi connectivity index (χ0n) is 8.38. The molecule has 0 spiro atoms. The van der Waals surface area contributed by atoms with Gasteiger partial charge in [-0.25, -0.2) is 9.97 Å². The van der Waals surface area contributed by atoms with Crippen LogP contribution in [0.3, 0.4) is 0 Å². The van der Waals surface area contributed by atoms with Crippen molar-refractivity contribution in [2.24, 2.45) is 0 Å². The first-order chi connectivity index (χ1) is 6.65. The van der Waals surface area contributed by atoms with Gasteiger partial charge in [-0.05, 0) is 36.4 Å². The van der Waals surface area contributed by atoms with Gasteiger partial charge in [-0.2, -0.15) is 0 Å². The van der Waals surface area contributed by atoms with Gasteiger partial charge in [0.05, 0.1) is 15.9 Å². The van der Waals surface area contributed by atoms with Crippen LogP contribution in [-0.4, -0.2) is 23.2 Å². The van der Waals surface area contributed by atoms with Crippen LogP contribution in [0.1, 0.15) is 18.4 Å². The van der Waals surface area contributed by atoms with Gasteiger partial charge in [0.2, 0.25) is 0 Å². The fraction of sp³-hybridized carbons (Fsp3) is 0.556. The van der Waals surface area contributed by atoms with E-state index in [9.17, 15) is 0 Å². The van der Waals surface area contributed by atoms with E-state index in [1.165, 1.54) is 0 Å². The molecule has 0 amide bonds. The minimum absolute atomic E-state index is 0.560. The van der Waals surface area contributed by atoms with E-state index in [1.807, 2.05) is 13.8 Å². The Morgan fingerprint density at radius 2 is 2.14 bits per heavy atom. The number of halogens is 1. The van der Waals surface area contributed by atoms with Gasteiger partial charge in [0.1, 0.15) is 11.6 Å². The fourth-order valence-corrected chi connectivity index (χ4v) is 1.30. The molecule has 0 fully saturated rings. The summed E-state index contributed by atoms with van der Waals surface area (Å²) < 4.78 is 6.16. The van der Waals surface area contributed by atoms with Gasteiger partial charge in [0, 0.05) is 13.0 Å². The van der Waals surface area contributed by atoms with E-state index >= 15 is 0 Å². The van der Waals surface area contributed by atoms with Crippen molar-refractivity contribution in [3.63, 3.8) is 0 Å². The number of aromatic nitrogens is 2. The Labute approximate surface area is 97.4 Å². The maximum absolute atomic E-state index is 5.73. The van der Waals surface area contributed by atoms with Crippen molar-refractivity contribution < 1.29 is 4.74 Å². The minimum Gasteiger partial charge on any atom is -0.383 e. The van der Waals surface area contributed by atoms with Crippen LogP contribution >= 0.6 is 22.6 Å². The first kappa shape index (κ1) is 11.6. The molecule has 2 N–H and O–H groups in total. The lowest BCUT2D eigenvalue weighted by molar-refractivity contribution is 0.149. The summed E-state index contributed by atoms with van der Waals surface area (Å²) >= 11 is 2.15. The summed E-state index contributed by atoms with van der Waals surface area (Å²) in [7, 11) is 0. The van der Waals surface area contributed by atoms with Crippen molar-refractivity contribution in [1.29, 1.82) is 0 Å². The molecular weight excluding hydrogens is 293 g/mol. The van der Waals surface area contributed by atoms with E-state index < -0.39 is 0 Å². The van der Waals surface area contributed by atoms with E-state index in [0.717, 1.165) is 28.1 Å². The van der Waals surface area contributed by atoms with Crippen LogP contribution in [0.4, 0.5) is 5.82 Å². The van der Waals surface area contributed by atoms with Crippen LogP contribution in [-0.2, 0) is 11.2 Å². The molecule has 0 atom stereocenters. The predicted octanol–water partition coefficient (Wildman–Crippen LogP) is 1.55. The Morgan fingerprint density at radius 3 is 2.71 bits per heavy atom. The number of nitrogen functional groups attached to an aromatic ring is 1. The zero-order valence-corrected chi connectivity index (χ0v) is 10.5. The molecule has 1 heterocycles. The van der Waals surface area contributed by atoms with E-state index in [-0.39, 0.29) is 0 Å². The number of rotatable bonds is 4. The molecule has 0 aliphatic rings. The third kappa shape index (κ3) is 3.06. The second-order valence-electron chi connectivity index (χ2n) is 2.87. The van der Waals surface area contributed by atoms with E-state index in [1.54, 1.807) is 0 Å². The van der Waals surface area contributed by atoms with Crippen molar-refractivity contribution in [3.8, 4) is 0 Å². The molecule has 1 aromatic rings. The number of hydrogen-bond acceptors (Lipinski definition) is 4. The van der Waals surface area contributed by atoms with Gasteiger partial charge in [-0.1, -0.05) is 0 Å². The molecule has 14 heavy (non-hydrogen) atoms. The SMILES string of the molecule is CCOCCc1nc(C)c(I)c(N)n1. The smallest absolute Gasteiger partial charge is 0.140 e. The summed E-state index contributed by atoms with van der Waals surface area (Å²) in [6.45, 7) is 5.27. The van der Waals surface area contributed by atoms with Crippen LogP contribution in [0.2, 0.25) is 0 Å². The highest BCUT2D eigenvalue weighted by Gasteiger charge is 2.05. The molecule has 0 bridgehead atoms. The van der Waals surface area contributed by atoms with E-state index in [2.05, 4.69) is 32.6 Å². The number of aryl methyl sites for hydroxylation is 1. The standard InChI is InChI=1S/C9H14IN3O/c1-3-14-5-4-7-12-6(2)8(10)9(11)13-7/h3-5H2,1-2H3,(H2,11,12,13). The molecule has 0 saturated carbocycles.